The second-order valence-electron chi connectivity index (χ2n) is 3.74. The standard InChI is InChI=1S/C11H24N2O3/c1-3-4-5-6-7-8-16-10(9-15-2)11(14)13-12/h10H,3-9,12H2,1-2H3,(H,13,14). The third-order valence-electron chi connectivity index (χ3n) is 2.32. The van der Waals surface area contributed by atoms with Crippen LogP contribution in [0.2, 0.25) is 0 Å². The highest BCUT2D eigenvalue weighted by Gasteiger charge is 2.17. The molecule has 5 nitrogen and oxygen atoms in total. The molecule has 0 saturated heterocycles. The van der Waals surface area contributed by atoms with Gasteiger partial charge in [0, 0.05) is 13.7 Å². The Hall–Kier alpha value is -0.650. The first-order chi connectivity index (χ1) is 7.76. The molecule has 0 aromatic carbocycles. The van der Waals surface area contributed by atoms with Crippen LogP contribution >= 0.6 is 0 Å². The summed E-state index contributed by atoms with van der Waals surface area (Å²) in [6.07, 6.45) is 5.21. The summed E-state index contributed by atoms with van der Waals surface area (Å²) in [5.74, 6) is 4.70. The second kappa shape index (κ2) is 10.9. The van der Waals surface area contributed by atoms with Gasteiger partial charge in [-0.2, -0.15) is 0 Å². The van der Waals surface area contributed by atoms with Crippen molar-refractivity contribution in [3.63, 3.8) is 0 Å². The maximum absolute atomic E-state index is 11.2. The number of ether oxygens (including phenoxy) is 2. The van der Waals surface area contributed by atoms with Crippen molar-refractivity contribution in [3.8, 4) is 0 Å². The summed E-state index contributed by atoms with van der Waals surface area (Å²) in [4.78, 5) is 11.2. The molecule has 0 radical (unpaired) electrons. The van der Waals surface area contributed by atoms with E-state index in [9.17, 15) is 4.79 Å². The highest BCUT2D eigenvalue weighted by molar-refractivity contribution is 5.80. The van der Waals surface area contributed by atoms with Gasteiger partial charge in [-0.1, -0.05) is 32.6 Å². The molecule has 3 N–H and O–H groups in total. The third-order valence-corrected chi connectivity index (χ3v) is 2.32. The van der Waals surface area contributed by atoms with Crippen LogP contribution in [0.4, 0.5) is 0 Å². The van der Waals surface area contributed by atoms with E-state index in [4.69, 9.17) is 15.3 Å². The van der Waals surface area contributed by atoms with E-state index in [1.54, 1.807) is 0 Å². The highest BCUT2D eigenvalue weighted by atomic mass is 16.5. The minimum absolute atomic E-state index is 0.234. The van der Waals surface area contributed by atoms with Gasteiger partial charge in [0.2, 0.25) is 0 Å². The summed E-state index contributed by atoms with van der Waals surface area (Å²) in [5, 5.41) is 0. The molecular weight excluding hydrogens is 208 g/mol. The Balaban J connectivity index is 3.56. The summed E-state index contributed by atoms with van der Waals surface area (Å²) in [6, 6.07) is 0. The van der Waals surface area contributed by atoms with Gasteiger partial charge in [0.25, 0.3) is 5.91 Å². The van der Waals surface area contributed by atoms with E-state index in [0.717, 1.165) is 12.8 Å². The molecule has 1 amide bonds. The van der Waals surface area contributed by atoms with E-state index in [1.807, 2.05) is 0 Å². The molecule has 0 spiro atoms. The molecule has 0 fully saturated rings. The average molecular weight is 232 g/mol. The monoisotopic (exact) mass is 232 g/mol. The predicted molar refractivity (Wildman–Crippen MR) is 62.7 cm³/mol. The summed E-state index contributed by atoms with van der Waals surface area (Å²) >= 11 is 0. The summed E-state index contributed by atoms with van der Waals surface area (Å²) < 4.78 is 10.3. The molecule has 1 unspecified atom stereocenters. The normalized spacial score (nSPS) is 12.4. The van der Waals surface area contributed by atoms with Crippen LogP contribution in [0.25, 0.3) is 0 Å². The van der Waals surface area contributed by atoms with Crippen LogP contribution in [0.5, 0.6) is 0 Å². The number of carbonyl (C=O) groups is 1. The molecule has 0 aromatic heterocycles. The number of methoxy groups -OCH3 is 1. The number of carbonyl (C=O) groups excluding carboxylic acids is 1. The van der Waals surface area contributed by atoms with Gasteiger partial charge < -0.3 is 9.47 Å². The van der Waals surface area contributed by atoms with Crippen molar-refractivity contribution in [3.05, 3.63) is 0 Å². The first kappa shape index (κ1) is 15.3. The minimum atomic E-state index is -0.596. The molecule has 0 rings (SSSR count). The van der Waals surface area contributed by atoms with Gasteiger partial charge in [-0.3, -0.25) is 10.2 Å². The molecular formula is C11H24N2O3. The summed E-state index contributed by atoms with van der Waals surface area (Å²) in [5.41, 5.74) is 2.07. The number of nitrogens with one attached hydrogen (secondary N) is 1. The van der Waals surface area contributed by atoms with Gasteiger partial charge in [-0.05, 0) is 6.42 Å². The maximum Gasteiger partial charge on any atom is 0.265 e. The number of hydrazine groups is 1. The zero-order chi connectivity index (χ0) is 12.2. The van der Waals surface area contributed by atoms with E-state index in [1.165, 1.54) is 26.4 Å². The lowest BCUT2D eigenvalue weighted by atomic mass is 10.2. The lowest BCUT2D eigenvalue weighted by Crippen LogP contribution is -2.42. The Morgan fingerprint density at radius 1 is 1.31 bits per heavy atom. The van der Waals surface area contributed by atoms with Crippen molar-refractivity contribution in [1.29, 1.82) is 0 Å². The molecule has 0 saturated carbocycles. The molecule has 0 aliphatic rings. The van der Waals surface area contributed by atoms with Crippen molar-refractivity contribution < 1.29 is 14.3 Å². The van der Waals surface area contributed by atoms with Gasteiger partial charge in [-0.25, -0.2) is 5.84 Å². The maximum atomic E-state index is 11.2. The van der Waals surface area contributed by atoms with Crippen LogP contribution in [0.1, 0.15) is 39.0 Å². The Bertz CT molecular complexity index is 177. The van der Waals surface area contributed by atoms with E-state index in [-0.39, 0.29) is 12.5 Å². The molecule has 5 heteroatoms. The molecule has 96 valence electrons. The second-order valence-corrected chi connectivity index (χ2v) is 3.74. The fourth-order valence-electron chi connectivity index (χ4n) is 1.38. The van der Waals surface area contributed by atoms with Crippen molar-refractivity contribution in [2.24, 2.45) is 5.84 Å². The third kappa shape index (κ3) is 7.62. The van der Waals surface area contributed by atoms with Crippen molar-refractivity contribution in [2.75, 3.05) is 20.3 Å². The lowest BCUT2D eigenvalue weighted by molar-refractivity contribution is -0.136. The van der Waals surface area contributed by atoms with Crippen molar-refractivity contribution >= 4 is 5.91 Å². The van der Waals surface area contributed by atoms with Crippen LogP contribution in [-0.2, 0) is 14.3 Å². The van der Waals surface area contributed by atoms with Crippen LogP contribution in [0.3, 0.4) is 0 Å². The zero-order valence-corrected chi connectivity index (χ0v) is 10.3. The minimum Gasteiger partial charge on any atom is -0.381 e. The Kier molecular flexibility index (Phi) is 10.4. The Labute approximate surface area is 97.6 Å². The van der Waals surface area contributed by atoms with Gasteiger partial charge in [-0.15, -0.1) is 0 Å². The smallest absolute Gasteiger partial charge is 0.265 e. The predicted octanol–water partition coefficient (Wildman–Crippen LogP) is 0.978. The summed E-state index contributed by atoms with van der Waals surface area (Å²) in [7, 11) is 1.53. The van der Waals surface area contributed by atoms with Gasteiger partial charge in [0.05, 0.1) is 6.61 Å². The first-order valence-corrected chi connectivity index (χ1v) is 5.87. The molecule has 16 heavy (non-hydrogen) atoms. The highest BCUT2D eigenvalue weighted by Crippen LogP contribution is 2.03. The van der Waals surface area contributed by atoms with E-state index in [0.29, 0.717) is 6.61 Å². The number of nitrogens with two attached hydrogens (primary N) is 1. The quantitative estimate of drug-likeness (QED) is 0.255. The van der Waals surface area contributed by atoms with Gasteiger partial charge in [0.1, 0.15) is 0 Å². The number of unbranched alkanes of at least 4 members (excludes halogenated alkanes) is 4. The largest absolute Gasteiger partial charge is 0.381 e. The van der Waals surface area contributed by atoms with E-state index in [2.05, 4.69) is 12.3 Å². The molecule has 0 bridgehead atoms. The number of hydrogen-bond acceptors (Lipinski definition) is 4. The molecule has 0 aliphatic carbocycles. The number of rotatable bonds is 10. The first-order valence-electron chi connectivity index (χ1n) is 5.87. The fraction of sp³-hybridized carbons (Fsp3) is 0.909. The van der Waals surface area contributed by atoms with Gasteiger partial charge >= 0.3 is 0 Å². The zero-order valence-electron chi connectivity index (χ0n) is 10.3. The van der Waals surface area contributed by atoms with E-state index < -0.39 is 6.10 Å². The molecule has 0 heterocycles. The summed E-state index contributed by atoms with van der Waals surface area (Å²) in [6.45, 7) is 2.99. The van der Waals surface area contributed by atoms with Crippen LogP contribution < -0.4 is 11.3 Å². The fourth-order valence-corrected chi connectivity index (χ4v) is 1.38. The van der Waals surface area contributed by atoms with Crippen LogP contribution in [0.15, 0.2) is 0 Å². The average Bonchev–Trinajstić information content (AvgIpc) is 2.31. The van der Waals surface area contributed by atoms with E-state index >= 15 is 0 Å². The SMILES string of the molecule is CCCCCCCOC(COC)C(=O)NN. The van der Waals surface area contributed by atoms with Crippen molar-refractivity contribution in [1.82, 2.24) is 5.43 Å². The Morgan fingerprint density at radius 3 is 2.56 bits per heavy atom. The molecule has 0 aliphatic heterocycles. The van der Waals surface area contributed by atoms with Crippen molar-refractivity contribution in [2.45, 2.75) is 45.1 Å². The number of amides is 1. The van der Waals surface area contributed by atoms with Crippen LogP contribution in [-0.4, -0.2) is 32.3 Å². The topological polar surface area (TPSA) is 73.6 Å². The number of hydrogen-bond donors (Lipinski definition) is 2. The van der Waals surface area contributed by atoms with Gasteiger partial charge in [0.15, 0.2) is 6.10 Å². The molecule has 1 atom stereocenters. The molecule has 0 aromatic rings. The van der Waals surface area contributed by atoms with Crippen LogP contribution in [0, 0.1) is 0 Å². The Morgan fingerprint density at radius 2 is 2.00 bits per heavy atom. The lowest BCUT2D eigenvalue weighted by Gasteiger charge is -2.15.